The lowest BCUT2D eigenvalue weighted by Gasteiger charge is -2.09. The molecule has 3 nitrogen and oxygen atoms in total. The van der Waals surface area contributed by atoms with Crippen LogP contribution in [0.3, 0.4) is 0 Å². The normalized spacial score (nSPS) is 10.4. The van der Waals surface area contributed by atoms with Crippen molar-refractivity contribution in [3.8, 4) is 5.69 Å². The Morgan fingerprint density at radius 2 is 1.88 bits per heavy atom. The van der Waals surface area contributed by atoms with Gasteiger partial charge in [0.05, 0.1) is 12.3 Å². The van der Waals surface area contributed by atoms with Crippen LogP contribution in [0.1, 0.15) is 21.7 Å². The number of aryl methyl sites for hydroxylation is 1. The van der Waals surface area contributed by atoms with Crippen LogP contribution in [-0.4, -0.2) is 16.0 Å². The Morgan fingerprint density at radius 1 is 1.19 bits per heavy atom. The number of rotatable bonds is 3. The summed E-state index contributed by atoms with van der Waals surface area (Å²) in [6.07, 6.45) is 0.791. The minimum Gasteiger partial charge on any atom is -0.390 e. The summed E-state index contributed by atoms with van der Waals surface area (Å²) in [7, 11) is 0. The second-order valence-electron chi connectivity index (χ2n) is 3.70. The third kappa shape index (κ3) is 1.77. The van der Waals surface area contributed by atoms with Gasteiger partial charge in [-0.2, -0.15) is 0 Å². The smallest absolute Gasteiger partial charge is 0.166 e. The van der Waals surface area contributed by atoms with Crippen LogP contribution in [-0.2, 0) is 6.61 Å². The lowest BCUT2D eigenvalue weighted by molar-refractivity contribution is 0.111. The van der Waals surface area contributed by atoms with Crippen molar-refractivity contribution in [1.82, 2.24) is 4.57 Å². The molecule has 0 saturated carbocycles. The number of hydrogen-bond donors (Lipinski definition) is 1. The van der Waals surface area contributed by atoms with Crippen LogP contribution in [0.4, 0.5) is 0 Å². The number of aromatic nitrogens is 1. The predicted molar refractivity (Wildman–Crippen MR) is 61.8 cm³/mol. The highest BCUT2D eigenvalue weighted by atomic mass is 16.3. The fourth-order valence-electron chi connectivity index (χ4n) is 1.72. The summed E-state index contributed by atoms with van der Waals surface area (Å²) in [4.78, 5) is 10.9. The van der Waals surface area contributed by atoms with E-state index in [9.17, 15) is 9.90 Å². The molecule has 0 unspecified atom stereocenters. The van der Waals surface area contributed by atoms with Gasteiger partial charge in [0.25, 0.3) is 0 Å². The number of hydrogen-bond acceptors (Lipinski definition) is 2. The molecule has 0 spiro atoms. The molecule has 2 rings (SSSR count). The molecule has 1 aromatic carbocycles. The second-order valence-corrected chi connectivity index (χ2v) is 3.70. The molecular weight excluding hydrogens is 202 g/mol. The number of carbonyl (C=O) groups excluding carboxylic acids is 1. The molecule has 0 fully saturated rings. The van der Waals surface area contributed by atoms with Gasteiger partial charge < -0.3 is 9.67 Å². The van der Waals surface area contributed by atoms with E-state index in [2.05, 4.69) is 0 Å². The molecule has 16 heavy (non-hydrogen) atoms. The van der Waals surface area contributed by atoms with Gasteiger partial charge in [-0.05, 0) is 31.2 Å². The molecule has 1 aromatic heterocycles. The minimum absolute atomic E-state index is 0.0816. The van der Waals surface area contributed by atoms with Crippen LogP contribution in [0.2, 0.25) is 0 Å². The average molecular weight is 215 g/mol. The van der Waals surface area contributed by atoms with E-state index in [0.717, 1.165) is 17.5 Å². The predicted octanol–water partition coefficient (Wildman–Crippen LogP) is 2.09. The number of aliphatic hydroxyl groups excluding tert-OH is 1. The van der Waals surface area contributed by atoms with Crippen molar-refractivity contribution in [1.29, 1.82) is 0 Å². The highest BCUT2D eigenvalue weighted by Crippen LogP contribution is 2.16. The number of benzene rings is 1. The van der Waals surface area contributed by atoms with E-state index in [1.807, 2.05) is 31.2 Å². The fourth-order valence-corrected chi connectivity index (χ4v) is 1.72. The molecule has 1 N–H and O–H groups in total. The lowest BCUT2D eigenvalue weighted by Crippen LogP contribution is -2.03. The molecule has 82 valence electrons. The maximum absolute atomic E-state index is 10.9. The first-order valence-corrected chi connectivity index (χ1v) is 5.10. The van der Waals surface area contributed by atoms with Gasteiger partial charge in [-0.1, -0.05) is 17.7 Å². The van der Waals surface area contributed by atoms with Gasteiger partial charge in [-0.15, -0.1) is 0 Å². The average Bonchev–Trinajstić information content (AvgIpc) is 2.73. The van der Waals surface area contributed by atoms with E-state index in [-0.39, 0.29) is 6.61 Å². The summed E-state index contributed by atoms with van der Waals surface area (Å²) in [5.41, 5.74) is 3.31. The van der Waals surface area contributed by atoms with E-state index >= 15 is 0 Å². The molecule has 3 heteroatoms. The summed E-state index contributed by atoms with van der Waals surface area (Å²) in [5, 5.41) is 9.21. The monoisotopic (exact) mass is 215 g/mol. The van der Waals surface area contributed by atoms with Gasteiger partial charge in [-0.3, -0.25) is 4.79 Å². The Labute approximate surface area is 94.0 Å². The summed E-state index contributed by atoms with van der Waals surface area (Å²) in [6, 6.07) is 11.3. The SMILES string of the molecule is Cc1ccc(-n2c(C=O)ccc2CO)cc1. The summed E-state index contributed by atoms with van der Waals surface area (Å²) >= 11 is 0. The molecule has 2 aromatic rings. The van der Waals surface area contributed by atoms with Gasteiger partial charge >= 0.3 is 0 Å². The van der Waals surface area contributed by atoms with Crippen LogP contribution in [0.25, 0.3) is 5.69 Å². The molecule has 0 atom stereocenters. The standard InChI is InChI=1S/C13H13NO2/c1-10-2-4-11(5-3-10)14-12(8-15)6-7-13(14)9-16/h2-8,16H,9H2,1H3. The molecule has 0 aliphatic carbocycles. The Kier molecular flexibility index (Phi) is 2.88. The van der Waals surface area contributed by atoms with E-state index < -0.39 is 0 Å². The number of nitrogens with zero attached hydrogens (tertiary/aromatic N) is 1. The van der Waals surface area contributed by atoms with Crippen molar-refractivity contribution < 1.29 is 9.90 Å². The summed E-state index contributed by atoms with van der Waals surface area (Å²) < 4.78 is 1.76. The first-order chi connectivity index (χ1) is 7.76. The molecular formula is C13H13NO2. The van der Waals surface area contributed by atoms with Gasteiger partial charge in [0.15, 0.2) is 6.29 Å². The third-order valence-electron chi connectivity index (χ3n) is 2.57. The maximum atomic E-state index is 10.9. The van der Waals surface area contributed by atoms with Crippen molar-refractivity contribution in [3.05, 3.63) is 53.3 Å². The third-order valence-corrected chi connectivity index (χ3v) is 2.57. The molecule has 0 aliphatic heterocycles. The number of aldehydes is 1. The fraction of sp³-hybridized carbons (Fsp3) is 0.154. The Hall–Kier alpha value is -1.87. The largest absolute Gasteiger partial charge is 0.390 e. The van der Waals surface area contributed by atoms with Gasteiger partial charge in [-0.25, -0.2) is 0 Å². The van der Waals surface area contributed by atoms with E-state index in [1.54, 1.807) is 16.7 Å². The summed E-state index contributed by atoms with van der Waals surface area (Å²) in [5.74, 6) is 0. The zero-order valence-corrected chi connectivity index (χ0v) is 9.05. The Balaban J connectivity index is 2.57. The highest BCUT2D eigenvalue weighted by Gasteiger charge is 2.08. The topological polar surface area (TPSA) is 42.2 Å². The molecule has 0 bridgehead atoms. The van der Waals surface area contributed by atoms with Crippen LogP contribution in [0, 0.1) is 6.92 Å². The Bertz CT molecular complexity index is 497. The zero-order chi connectivity index (χ0) is 11.5. The van der Waals surface area contributed by atoms with Crippen molar-refractivity contribution in [2.24, 2.45) is 0 Å². The van der Waals surface area contributed by atoms with E-state index in [4.69, 9.17) is 0 Å². The van der Waals surface area contributed by atoms with Crippen LogP contribution in [0.15, 0.2) is 36.4 Å². The van der Waals surface area contributed by atoms with Crippen LogP contribution >= 0.6 is 0 Å². The molecule has 0 saturated heterocycles. The number of aliphatic hydroxyl groups is 1. The van der Waals surface area contributed by atoms with E-state index in [0.29, 0.717) is 11.4 Å². The van der Waals surface area contributed by atoms with Gasteiger partial charge in [0.1, 0.15) is 0 Å². The number of carbonyl (C=O) groups is 1. The molecule has 1 heterocycles. The first-order valence-electron chi connectivity index (χ1n) is 5.10. The van der Waals surface area contributed by atoms with Crippen molar-refractivity contribution in [2.45, 2.75) is 13.5 Å². The van der Waals surface area contributed by atoms with Crippen molar-refractivity contribution in [3.63, 3.8) is 0 Å². The summed E-state index contributed by atoms with van der Waals surface area (Å²) in [6.45, 7) is 1.93. The van der Waals surface area contributed by atoms with Gasteiger partial charge in [0.2, 0.25) is 0 Å². The maximum Gasteiger partial charge on any atom is 0.166 e. The van der Waals surface area contributed by atoms with Crippen LogP contribution in [0.5, 0.6) is 0 Å². The minimum atomic E-state index is -0.0816. The van der Waals surface area contributed by atoms with Crippen LogP contribution < -0.4 is 0 Å². The van der Waals surface area contributed by atoms with E-state index in [1.165, 1.54) is 0 Å². The van der Waals surface area contributed by atoms with Crippen molar-refractivity contribution >= 4 is 6.29 Å². The molecule has 0 amide bonds. The highest BCUT2D eigenvalue weighted by molar-refractivity contribution is 5.74. The molecule has 0 radical (unpaired) electrons. The lowest BCUT2D eigenvalue weighted by atomic mass is 10.2. The second kappa shape index (κ2) is 4.33. The quantitative estimate of drug-likeness (QED) is 0.796. The first kappa shape index (κ1) is 10.6. The zero-order valence-electron chi connectivity index (χ0n) is 9.05. The Morgan fingerprint density at radius 3 is 2.44 bits per heavy atom. The van der Waals surface area contributed by atoms with Crippen molar-refractivity contribution in [2.75, 3.05) is 0 Å². The van der Waals surface area contributed by atoms with Gasteiger partial charge in [0, 0.05) is 11.4 Å². The molecule has 0 aliphatic rings.